The monoisotopic (exact) mass is 478 g/mol. The molecule has 0 bridgehead atoms. The zero-order chi connectivity index (χ0) is 23.5. The van der Waals surface area contributed by atoms with Gasteiger partial charge in [0, 0.05) is 16.5 Å². The summed E-state index contributed by atoms with van der Waals surface area (Å²) in [5, 5.41) is 0. The molecule has 5 heteroatoms. The van der Waals surface area contributed by atoms with Gasteiger partial charge >= 0.3 is 5.97 Å². The number of ketones is 2. The Hall–Kier alpha value is -3.73. The van der Waals surface area contributed by atoms with Crippen molar-refractivity contribution in [3.8, 4) is 11.5 Å². The van der Waals surface area contributed by atoms with Crippen LogP contribution in [0.2, 0.25) is 0 Å². The lowest BCUT2D eigenvalue weighted by Gasteiger charge is -2.26. The Morgan fingerprint density at radius 2 is 1.00 bits per heavy atom. The zero-order valence-electron chi connectivity index (χ0n) is 18.9. The van der Waals surface area contributed by atoms with Crippen LogP contribution in [0.25, 0.3) is 0 Å². The molecule has 0 aliphatic rings. The van der Waals surface area contributed by atoms with Gasteiger partial charge in [-0.25, -0.2) is 4.79 Å². The number of methoxy groups -OCH3 is 1. The van der Waals surface area contributed by atoms with Crippen LogP contribution in [0, 0.1) is 0 Å². The number of hydrogen-bond acceptors (Lipinski definition) is 5. The Balaban J connectivity index is 0.00000385. The van der Waals surface area contributed by atoms with E-state index in [0.29, 0.717) is 16.9 Å². The minimum Gasteiger partial charge on any atom is -0.497 e. The van der Waals surface area contributed by atoms with E-state index in [-0.39, 0.29) is 44.8 Å². The van der Waals surface area contributed by atoms with E-state index in [0.717, 1.165) is 16.9 Å². The van der Waals surface area contributed by atoms with Gasteiger partial charge in [-0.15, -0.1) is 0 Å². The maximum Gasteiger partial charge on any atom is 0.343 e. The molecule has 3 rings (SSSR count). The van der Waals surface area contributed by atoms with E-state index >= 15 is 0 Å². The van der Waals surface area contributed by atoms with Crippen molar-refractivity contribution in [1.29, 1.82) is 0 Å². The van der Waals surface area contributed by atoms with Crippen molar-refractivity contribution < 1.29 is 23.9 Å². The van der Waals surface area contributed by atoms with Gasteiger partial charge in [-0.1, -0.05) is 60.4 Å². The van der Waals surface area contributed by atoms with Crippen LogP contribution in [0.5, 0.6) is 11.5 Å². The summed E-state index contributed by atoms with van der Waals surface area (Å²) in [6.45, 7) is 7.01. The first-order chi connectivity index (χ1) is 15.1. The number of carbonyl (C=O) groups excluding carboxylic acids is 3. The summed E-state index contributed by atoms with van der Waals surface area (Å²) in [5.74, 6) is 0.0905. The van der Waals surface area contributed by atoms with Crippen molar-refractivity contribution in [3.63, 3.8) is 0 Å². The van der Waals surface area contributed by atoms with E-state index < -0.39 is 5.97 Å². The molecule has 3 aromatic rings. The van der Waals surface area contributed by atoms with Gasteiger partial charge in [-0.3, -0.25) is 9.59 Å². The van der Waals surface area contributed by atoms with Gasteiger partial charge < -0.3 is 9.47 Å². The van der Waals surface area contributed by atoms with Crippen LogP contribution < -0.4 is 9.47 Å². The number of Topliss-reactive ketones (excluding diaryl/α,β-unsaturated/α-hetero) is 2. The fourth-order valence-electron chi connectivity index (χ4n) is 3.43. The third-order valence-electron chi connectivity index (χ3n) is 5.58. The average molecular weight is 479 g/mol. The normalized spacial score (nSPS) is 10.1. The lowest BCUT2D eigenvalue weighted by Crippen LogP contribution is -2.18. The van der Waals surface area contributed by atoms with Crippen LogP contribution in [-0.2, 0) is 5.41 Å². The van der Waals surface area contributed by atoms with Gasteiger partial charge in [-0.2, -0.15) is 0 Å². The van der Waals surface area contributed by atoms with Crippen molar-refractivity contribution in [2.75, 3.05) is 7.11 Å². The highest BCUT2D eigenvalue weighted by Gasteiger charge is 2.23. The van der Waals surface area contributed by atoms with Crippen LogP contribution in [0.1, 0.15) is 92.2 Å². The van der Waals surface area contributed by atoms with Gasteiger partial charge in [0.05, 0.1) is 12.7 Å². The maximum atomic E-state index is 12.7. The molecule has 0 saturated heterocycles. The number of benzene rings is 3. The second-order valence-corrected chi connectivity index (χ2v) is 8.18. The molecule has 35 heavy (non-hydrogen) atoms. The number of carbonyl (C=O) groups is 3. The predicted octanol–water partition coefficient (Wildman–Crippen LogP) is 7.55. The molecule has 0 fully saturated rings. The first kappa shape index (κ1) is 31.3. The molecular weight excluding hydrogens is 440 g/mol. The summed E-state index contributed by atoms with van der Waals surface area (Å²) in [4.78, 5) is 36.2. The largest absolute Gasteiger partial charge is 0.497 e. The standard InChI is InChI=1S/C27H26O5.3CH4/c1-17(28)19-14-20(18(2)29)16-21(15-19)26(30)32-25-12-8-23(9-13-25)27(3,4)22-6-10-24(31-5)11-7-22;;;/h6-16H,1-5H3;3*1H4. The van der Waals surface area contributed by atoms with Gasteiger partial charge in [0.1, 0.15) is 11.5 Å². The number of ether oxygens (including phenoxy) is 2. The highest BCUT2D eigenvalue weighted by Crippen LogP contribution is 2.33. The minimum absolute atomic E-state index is 0. The molecule has 0 amide bonds. The van der Waals surface area contributed by atoms with Crippen molar-refractivity contribution >= 4 is 17.5 Å². The average Bonchev–Trinajstić information content (AvgIpc) is 2.79. The molecule has 0 aliphatic carbocycles. The molecule has 3 aromatic carbocycles. The molecule has 0 radical (unpaired) electrons. The van der Waals surface area contributed by atoms with Gasteiger partial charge in [0.2, 0.25) is 0 Å². The van der Waals surface area contributed by atoms with E-state index in [1.807, 2.05) is 36.4 Å². The number of rotatable bonds is 7. The molecule has 0 saturated carbocycles. The fourth-order valence-corrected chi connectivity index (χ4v) is 3.43. The summed E-state index contributed by atoms with van der Waals surface area (Å²) < 4.78 is 10.7. The molecule has 5 nitrogen and oxygen atoms in total. The smallest absolute Gasteiger partial charge is 0.343 e. The zero-order valence-corrected chi connectivity index (χ0v) is 18.9. The van der Waals surface area contributed by atoms with Crippen LogP contribution in [-0.4, -0.2) is 24.6 Å². The Morgan fingerprint density at radius 1 is 0.629 bits per heavy atom. The molecule has 0 N–H and O–H groups in total. The minimum atomic E-state index is -0.627. The van der Waals surface area contributed by atoms with Crippen molar-refractivity contribution in [2.24, 2.45) is 0 Å². The summed E-state index contributed by atoms with van der Waals surface area (Å²) in [5.41, 5.74) is 2.66. The lowest BCUT2D eigenvalue weighted by atomic mass is 9.78. The molecule has 188 valence electrons. The van der Waals surface area contributed by atoms with Crippen molar-refractivity contribution in [3.05, 3.63) is 94.5 Å². The third-order valence-corrected chi connectivity index (χ3v) is 5.58. The highest BCUT2D eigenvalue weighted by molar-refractivity contribution is 6.03. The quantitative estimate of drug-likeness (QED) is 0.199. The van der Waals surface area contributed by atoms with Crippen molar-refractivity contribution in [2.45, 2.75) is 55.4 Å². The van der Waals surface area contributed by atoms with Gasteiger partial charge in [0.15, 0.2) is 11.6 Å². The van der Waals surface area contributed by atoms with Gasteiger partial charge in [-0.05, 0) is 67.4 Å². The maximum absolute atomic E-state index is 12.7. The number of esters is 1. The van der Waals surface area contributed by atoms with Crippen LogP contribution in [0.3, 0.4) is 0 Å². The lowest BCUT2D eigenvalue weighted by molar-refractivity contribution is 0.0734. The Labute approximate surface area is 210 Å². The van der Waals surface area contributed by atoms with E-state index in [2.05, 4.69) is 13.8 Å². The summed E-state index contributed by atoms with van der Waals surface area (Å²) in [7, 11) is 1.64. The fraction of sp³-hybridized carbons (Fsp3) is 0.300. The Morgan fingerprint density at radius 3 is 1.37 bits per heavy atom. The molecule has 0 spiro atoms. The van der Waals surface area contributed by atoms with Gasteiger partial charge in [0.25, 0.3) is 0 Å². The molecular formula is C30H38O5. The molecule has 0 aliphatic heterocycles. The van der Waals surface area contributed by atoms with E-state index in [4.69, 9.17) is 9.47 Å². The molecule has 0 aromatic heterocycles. The topological polar surface area (TPSA) is 69.7 Å². The van der Waals surface area contributed by atoms with E-state index in [1.54, 1.807) is 19.2 Å². The Bertz CT molecular complexity index is 1120. The Kier molecular flexibility index (Phi) is 11.3. The molecule has 0 atom stereocenters. The van der Waals surface area contributed by atoms with Crippen LogP contribution >= 0.6 is 0 Å². The second-order valence-electron chi connectivity index (χ2n) is 8.18. The van der Waals surface area contributed by atoms with Crippen LogP contribution in [0.15, 0.2) is 66.7 Å². The van der Waals surface area contributed by atoms with E-state index in [1.165, 1.54) is 32.0 Å². The second kappa shape index (κ2) is 12.7. The SMILES string of the molecule is C.C.C.COc1ccc(C(C)(C)c2ccc(OC(=O)c3cc(C(C)=O)cc(C(C)=O)c3)cc2)cc1. The van der Waals surface area contributed by atoms with E-state index in [9.17, 15) is 14.4 Å². The highest BCUT2D eigenvalue weighted by atomic mass is 16.5. The predicted molar refractivity (Wildman–Crippen MR) is 143 cm³/mol. The third kappa shape index (κ3) is 7.12. The molecule has 0 heterocycles. The first-order valence-electron chi connectivity index (χ1n) is 10.3. The first-order valence-corrected chi connectivity index (χ1v) is 10.3. The number of hydrogen-bond donors (Lipinski definition) is 0. The summed E-state index contributed by atoms with van der Waals surface area (Å²) >= 11 is 0. The van der Waals surface area contributed by atoms with Crippen molar-refractivity contribution in [1.82, 2.24) is 0 Å². The summed E-state index contributed by atoms with van der Waals surface area (Å²) in [6, 6.07) is 19.6. The van der Waals surface area contributed by atoms with Crippen LogP contribution in [0.4, 0.5) is 0 Å². The summed E-state index contributed by atoms with van der Waals surface area (Å²) in [6.07, 6.45) is 0. The molecule has 0 unspecified atom stereocenters.